The molecule has 1 aliphatic rings. The molecule has 0 spiro atoms. The number of hydrogen-bond acceptors (Lipinski definition) is 4. The van der Waals surface area contributed by atoms with Gasteiger partial charge < -0.3 is 15.1 Å². The number of H-pyrrole nitrogens is 1. The van der Waals surface area contributed by atoms with Crippen LogP contribution in [-0.2, 0) is 11.2 Å². The number of aromatic nitrogens is 2. The van der Waals surface area contributed by atoms with Crippen molar-refractivity contribution in [2.24, 2.45) is 11.3 Å². The van der Waals surface area contributed by atoms with E-state index >= 15 is 0 Å². The summed E-state index contributed by atoms with van der Waals surface area (Å²) in [5.41, 5.74) is 0.749. The van der Waals surface area contributed by atoms with Gasteiger partial charge in [-0.1, -0.05) is 20.8 Å². The Balaban J connectivity index is 2.26. The van der Waals surface area contributed by atoms with Crippen molar-refractivity contribution in [1.82, 2.24) is 15.1 Å². The van der Waals surface area contributed by atoms with E-state index in [0.717, 1.165) is 17.7 Å². The maximum Gasteiger partial charge on any atom is 0.314 e. The maximum absolute atomic E-state index is 12.9. The Hall–Kier alpha value is -1.89. The minimum atomic E-state index is -1.31. The highest BCUT2D eigenvalue weighted by atomic mass is 16.4. The molecule has 7 heteroatoms. The van der Waals surface area contributed by atoms with E-state index in [4.69, 9.17) is 0 Å². The van der Waals surface area contributed by atoms with Crippen molar-refractivity contribution in [3.05, 3.63) is 17.0 Å². The number of nitrogens with zero attached hydrogens (tertiary/aromatic N) is 2. The smallest absolute Gasteiger partial charge is 0.314 e. The third-order valence-corrected chi connectivity index (χ3v) is 5.33. The van der Waals surface area contributed by atoms with E-state index in [1.807, 2.05) is 27.7 Å². The van der Waals surface area contributed by atoms with Crippen molar-refractivity contribution in [3.8, 4) is 0 Å². The van der Waals surface area contributed by atoms with E-state index in [0.29, 0.717) is 31.0 Å². The summed E-state index contributed by atoms with van der Waals surface area (Å²) < 4.78 is 0. The Labute approximate surface area is 148 Å². The standard InChI is InChI=1S/C18H29N3O4/c1-5-13-12(4)15(20-19-13)16(23)21-9-7-14(22)18(10-21,17(24)25)8-6-11(2)3/h11,14,22H,5-10H2,1-4H3,(H,19,20)(H,24,25)/t14-,18-/m1/s1. The van der Waals surface area contributed by atoms with E-state index < -0.39 is 17.5 Å². The molecule has 2 atom stereocenters. The molecule has 25 heavy (non-hydrogen) atoms. The van der Waals surface area contributed by atoms with Gasteiger partial charge in [0.1, 0.15) is 5.41 Å². The third-order valence-electron chi connectivity index (χ3n) is 5.33. The topological polar surface area (TPSA) is 107 Å². The van der Waals surface area contributed by atoms with Crippen LogP contribution >= 0.6 is 0 Å². The van der Waals surface area contributed by atoms with Crippen LogP contribution in [0.4, 0.5) is 0 Å². The molecule has 1 aromatic heterocycles. The average Bonchev–Trinajstić information content (AvgIpc) is 2.94. The van der Waals surface area contributed by atoms with Crippen LogP contribution in [-0.4, -0.2) is 56.4 Å². The fourth-order valence-corrected chi connectivity index (χ4v) is 3.50. The fraction of sp³-hybridized carbons (Fsp3) is 0.722. The number of piperidine rings is 1. The van der Waals surface area contributed by atoms with Gasteiger partial charge in [0.05, 0.1) is 6.10 Å². The van der Waals surface area contributed by atoms with Gasteiger partial charge in [-0.15, -0.1) is 0 Å². The zero-order valence-electron chi connectivity index (χ0n) is 15.5. The highest BCUT2D eigenvalue weighted by Gasteiger charge is 2.50. The first-order valence-corrected chi connectivity index (χ1v) is 8.97. The van der Waals surface area contributed by atoms with Gasteiger partial charge in [0.15, 0.2) is 5.69 Å². The summed E-state index contributed by atoms with van der Waals surface area (Å²) in [6.45, 7) is 8.22. The first kappa shape index (κ1) is 19.4. The monoisotopic (exact) mass is 351 g/mol. The summed E-state index contributed by atoms with van der Waals surface area (Å²) in [5.74, 6) is -0.975. The van der Waals surface area contributed by atoms with Gasteiger partial charge in [-0.25, -0.2) is 0 Å². The molecule has 1 aliphatic heterocycles. The molecule has 0 saturated carbocycles. The molecule has 2 rings (SSSR count). The number of carboxylic acid groups (broad SMARTS) is 1. The van der Waals surface area contributed by atoms with Crippen LogP contribution in [0.15, 0.2) is 0 Å². The fourth-order valence-electron chi connectivity index (χ4n) is 3.50. The van der Waals surface area contributed by atoms with E-state index in [1.54, 1.807) is 0 Å². The first-order chi connectivity index (χ1) is 11.7. The number of aliphatic carboxylic acids is 1. The van der Waals surface area contributed by atoms with Crippen LogP contribution in [0.25, 0.3) is 0 Å². The number of carbonyl (C=O) groups is 2. The SMILES string of the molecule is CCc1[nH]nc(C(=O)N2CC[C@@H](O)[C@](CCC(C)C)(C(=O)O)C2)c1C. The summed E-state index contributed by atoms with van der Waals surface area (Å²) >= 11 is 0. The number of aromatic amines is 1. The normalized spacial score (nSPS) is 23.9. The number of likely N-dealkylation sites (tertiary alicyclic amines) is 1. The molecule has 1 amide bonds. The number of aryl methyl sites for hydroxylation is 1. The van der Waals surface area contributed by atoms with Crippen molar-refractivity contribution in [1.29, 1.82) is 0 Å². The number of aliphatic hydroxyl groups excluding tert-OH is 1. The summed E-state index contributed by atoms with van der Waals surface area (Å²) in [6, 6.07) is 0. The van der Waals surface area contributed by atoms with Crippen LogP contribution in [0.1, 0.15) is 61.8 Å². The molecule has 0 bridgehead atoms. The minimum Gasteiger partial charge on any atom is -0.481 e. The van der Waals surface area contributed by atoms with Crippen molar-refractivity contribution >= 4 is 11.9 Å². The zero-order valence-corrected chi connectivity index (χ0v) is 15.5. The Morgan fingerprint density at radius 2 is 2.12 bits per heavy atom. The third kappa shape index (κ3) is 3.71. The van der Waals surface area contributed by atoms with Crippen molar-refractivity contribution in [2.75, 3.05) is 13.1 Å². The van der Waals surface area contributed by atoms with Crippen LogP contribution in [0.3, 0.4) is 0 Å². The molecule has 0 aromatic carbocycles. The number of nitrogens with one attached hydrogen (secondary N) is 1. The van der Waals surface area contributed by atoms with Gasteiger partial charge in [0.25, 0.3) is 5.91 Å². The largest absolute Gasteiger partial charge is 0.481 e. The number of amides is 1. The number of aliphatic hydroxyl groups is 1. The molecular formula is C18H29N3O4. The van der Waals surface area contributed by atoms with Gasteiger partial charge in [0.2, 0.25) is 0 Å². The van der Waals surface area contributed by atoms with Gasteiger partial charge in [0, 0.05) is 24.3 Å². The predicted molar refractivity (Wildman–Crippen MR) is 93.4 cm³/mol. The van der Waals surface area contributed by atoms with Gasteiger partial charge in [-0.3, -0.25) is 14.7 Å². The molecule has 2 heterocycles. The average molecular weight is 351 g/mol. The number of carboxylic acids is 1. The Morgan fingerprint density at radius 3 is 2.64 bits per heavy atom. The second-order valence-corrected chi connectivity index (χ2v) is 7.45. The van der Waals surface area contributed by atoms with Crippen molar-refractivity contribution in [3.63, 3.8) is 0 Å². The molecule has 1 aromatic rings. The molecule has 3 N–H and O–H groups in total. The van der Waals surface area contributed by atoms with E-state index in [2.05, 4.69) is 10.2 Å². The van der Waals surface area contributed by atoms with Crippen LogP contribution in [0.5, 0.6) is 0 Å². The van der Waals surface area contributed by atoms with Gasteiger partial charge in [-0.05, 0) is 38.5 Å². The van der Waals surface area contributed by atoms with E-state index in [1.165, 1.54) is 4.90 Å². The van der Waals surface area contributed by atoms with Crippen molar-refractivity contribution < 1.29 is 19.8 Å². The van der Waals surface area contributed by atoms with Gasteiger partial charge in [-0.2, -0.15) is 5.10 Å². The lowest BCUT2D eigenvalue weighted by Gasteiger charge is -2.43. The van der Waals surface area contributed by atoms with E-state index in [9.17, 15) is 19.8 Å². The zero-order chi connectivity index (χ0) is 18.8. The summed E-state index contributed by atoms with van der Waals surface area (Å²) in [6.07, 6.45) is 1.11. The quantitative estimate of drug-likeness (QED) is 0.727. The Morgan fingerprint density at radius 1 is 1.44 bits per heavy atom. The van der Waals surface area contributed by atoms with Crippen molar-refractivity contribution in [2.45, 2.75) is 59.5 Å². The summed E-state index contributed by atoms with van der Waals surface area (Å²) in [4.78, 5) is 26.4. The molecule has 140 valence electrons. The predicted octanol–water partition coefficient (Wildman–Crippen LogP) is 1.99. The summed E-state index contributed by atoms with van der Waals surface area (Å²) in [7, 11) is 0. The highest BCUT2D eigenvalue weighted by Crippen LogP contribution is 2.37. The maximum atomic E-state index is 12.9. The highest BCUT2D eigenvalue weighted by molar-refractivity contribution is 5.94. The lowest BCUT2D eigenvalue weighted by molar-refractivity contribution is -0.163. The molecule has 0 unspecified atom stereocenters. The lowest BCUT2D eigenvalue weighted by atomic mass is 9.72. The summed E-state index contributed by atoms with van der Waals surface area (Å²) in [5, 5.41) is 27.2. The minimum absolute atomic E-state index is 0.0167. The van der Waals surface area contributed by atoms with E-state index in [-0.39, 0.29) is 18.9 Å². The van der Waals surface area contributed by atoms with Crippen LogP contribution in [0, 0.1) is 18.3 Å². The molecule has 1 fully saturated rings. The second kappa shape index (κ2) is 7.56. The Bertz CT molecular complexity index is 640. The second-order valence-electron chi connectivity index (χ2n) is 7.45. The molecule has 0 aliphatic carbocycles. The number of rotatable bonds is 6. The Kier molecular flexibility index (Phi) is 5.87. The van der Waals surface area contributed by atoms with Crippen LogP contribution in [0.2, 0.25) is 0 Å². The molecule has 7 nitrogen and oxygen atoms in total. The lowest BCUT2D eigenvalue weighted by Crippen LogP contribution is -2.57. The molecule has 1 saturated heterocycles. The van der Waals surface area contributed by atoms with Crippen LogP contribution < -0.4 is 0 Å². The number of hydrogen-bond donors (Lipinski definition) is 3. The van der Waals surface area contributed by atoms with Gasteiger partial charge >= 0.3 is 5.97 Å². The molecule has 0 radical (unpaired) electrons. The molecular weight excluding hydrogens is 322 g/mol. The first-order valence-electron chi connectivity index (χ1n) is 8.97. The number of carbonyl (C=O) groups excluding carboxylic acids is 1.